The van der Waals surface area contributed by atoms with E-state index in [9.17, 15) is 14.4 Å². The number of hydrogen-bond acceptors (Lipinski definition) is 3. The Bertz CT molecular complexity index is 609. The first-order chi connectivity index (χ1) is 8.43. The molecule has 0 N–H and O–H groups in total. The number of rotatable bonds is 3. The Morgan fingerprint density at radius 1 is 1.22 bits per heavy atom. The number of carbonyl (C=O) groups is 3. The summed E-state index contributed by atoms with van der Waals surface area (Å²) in [5.74, 6) is -0.367. The Labute approximate surface area is 105 Å². The lowest BCUT2D eigenvalue weighted by molar-refractivity contribution is -0.113. The van der Waals surface area contributed by atoms with Crippen molar-refractivity contribution < 1.29 is 14.4 Å². The van der Waals surface area contributed by atoms with E-state index >= 15 is 0 Å². The maximum Gasteiger partial charge on any atom is 0.230 e. The van der Waals surface area contributed by atoms with Gasteiger partial charge in [0.1, 0.15) is 0 Å². The highest BCUT2D eigenvalue weighted by molar-refractivity contribution is 6.43. The highest BCUT2D eigenvalue weighted by Crippen LogP contribution is 2.54. The Hall–Kier alpha value is -1.71. The van der Waals surface area contributed by atoms with E-state index in [1.165, 1.54) is 13.8 Å². The fraction of sp³-hybridized carbons (Fsp3) is 0.500. The second kappa shape index (κ2) is 3.40. The number of ketones is 3. The molecular weight excluding hydrogens is 230 g/mol. The van der Waals surface area contributed by atoms with Gasteiger partial charge in [0.2, 0.25) is 5.78 Å². The summed E-state index contributed by atoms with van der Waals surface area (Å²) in [5.41, 5.74) is 2.70. The molecule has 0 aromatic carbocycles. The van der Waals surface area contributed by atoms with E-state index < -0.39 is 11.6 Å². The van der Waals surface area contributed by atoms with Gasteiger partial charge in [-0.1, -0.05) is 0 Å². The largest absolute Gasteiger partial charge is 0.338 e. The van der Waals surface area contributed by atoms with Crippen LogP contribution in [0, 0.1) is 12.8 Å². The maximum atomic E-state index is 12.0. The van der Waals surface area contributed by atoms with Gasteiger partial charge in [-0.25, -0.2) is 0 Å². The van der Waals surface area contributed by atoms with Gasteiger partial charge in [-0.3, -0.25) is 14.4 Å². The van der Waals surface area contributed by atoms with Crippen molar-refractivity contribution >= 4 is 17.3 Å². The zero-order chi connectivity index (χ0) is 13.2. The number of carbonyl (C=O) groups excluding carboxylic acids is 3. The summed E-state index contributed by atoms with van der Waals surface area (Å²) in [4.78, 5) is 35.1. The fourth-order valence-electron chi connectivity index (χ4n) is 3.26. The van der Waals surface area contributed by atoms with Crippen molar-refractivity contribution in [3.8, 4) is 0 Å². The van der Waals surface area contributed by atoms with E-state index in [4.69, 9.17) is 0 Å². The summed E-state index contributed by atoms with van der Waals surface area (Å²) >= 11 is 0. The zero-order valence-corrected chi connectivity index (χ0v) is 10.7. The van der Waals surface area contributed by atoms with Gasteiger partial charge in [0.05, 0.1) is 11.3 Å². The van der Waals surface area contributed by atoms with Crippen LogP contribution in [0.3, 0.4) is 0 Å². The van der Waals surface area contributed by atoms with E-state index in [0.29, 0.717) is 28.8 Å². The zero-order valence-electron chi connectivity index (χ0n) is 10.7. The highest BCUT2D eigenvalue weighted by atomic mass is 16.2. The van der Waals surface area contributed by atoms with Crippen LogP contribution in [0.4, 0.5) is 0 Å². The van der Waals surface area contributed by atoms with Crippen LogP contribution in [0.25, 0.3) is 0 Å². The standard InChI is InChI=1S/C14H15NO3/c1-6-12(14(18)8(3)17)11-5-9-4-10(9)15(11)13(6)7(2)16/h9-10H,4-5H2,1-3H3/t9-,10?/m1/s1. The van der Waals surface area contributed by atoms with Gasteiger partial charge in [-0.05, 0) is 31.2 Å². The summed E-state index contributed by atoms with van der Waals surface area (Å²) in [6.07, 6.45) is 1.92. The summed E-state index contributed by atoms with van der Waals surface area (Å²) < 4.78 is 2.01. The normalized spacial score (nSPS) is 23.5. The second-order valence-electron chi connectivity index (χ2n) is 5.37. The van der Waals surface area contributed by atoms with Gasteiger partial charge >= 0.3 is 0 Å². The Morgan fingerprint density at radius 3 is 2.44 bits per heavy atom. The molecule has 4 nitrogen and oxygen atoms in total. The molecule has 2 atom stereocenters. The Balaban J connectivity index is 2.25. The topological polar surface area (TPSA) is 56.1 Å². The Kier molecular flexibility index (Phi) is 2.15. The van der Waals surface area contributed by atoms with Crippen LogP contribution in [0.2, 0.25) is 0 Å². The molecule has 4 heteroatoms. The summed E-state index contributed by atoms with van der Waals surface area (Å²) in [7, 11) is 0. The van der Waals surface area contributed by atoms with Crippen LogP contribution in [0.15, 0.2) is 0 Å². The van der Waals surface area contributed by atoms with Gasteiger partial charge in [0.25, 0.3) is 0 Å². The molecule has 0 amide bonds. The number of aromatic nitrogens is 1. The third-order valence-corrected chi connectivity index (χ3v) is 4.10. The molecule has 94 valence electrons. The minimum atomic E-state index is -0.456. The monoisotopic (exact) mass is 245 g/mol. The Morgan fingerprint density at radius 2 is 1.89 bits per heavy atom. The van der Waals surface area contributed by atoms with Crippen LogP contribution < -0.4 is 0 Å². The molecule has 0 saturated heterocycles. The number of fused-ring (bicyclic) bond motifs is 3. The smallest absolute Gasteiger partial charge is 0.230 e. The van der Waals surface area contributed by atoms with Crippen molar-refractivity contribution in [2.75, 3.05) is 0 Å². The van der Waals surface area contributed by atoms with Gasteiger partial charge in [-0.2, -0.15) is 0 Å². The van der Waals surface area contributed by atoms with E-state index in [-0.39, 0.29) is 5.78 Å². The van der Waals surface area contributed by atoms with Gasteiger partial charge < -0.3 is 4.57 Å². The van der Waals surface area contributed by atoms with E-state index in [1.54, 1.807) is 6.92 Å². The lowest BCUT2D eigenvalue weighted by Gasteiger charge is -2.05. The number of hydrogen-bond donors (Lipinski definition) is 0. The first-order valence-corrected chi connectivity index (χ1v) is 6.23. The van der Waals surface area contributed by atoms with Gasteiger partial charge in [0, 0.05) is 25.6 Å². The van der Waals surface area contributed by atoms with Crippen LogP contribution in [-0.4, -0.2) is 21.9 Å². The molecule has 0 bridgehead atoms. The third-order valence-electron chi connectivity index (χ3n) is 4.10. The third kappa shape index (κ3) is 1.29. The quantitative estimate of drug-likeness (QED) is 0.603. The minimum Gasteiger partial charge on any atom is -0.338 e. The van der Waals surface area contributed by atoms with Crippen molar-refractivity contribution in [1.29, 1.82) is 0 Å². The average molecular weight is 245 g/mol. The molecule has 1 aromatic heterocycles. The van der Waals surface area contributed by atoms with E-state index in [2.05, 4.69) is 0 Å². The molecular formula is C14H15NO3. The van der Waals surface area contributed by atoms with Crippen molar-refractivity contribution in [2.24, 2.45) is 5.92 Å². The molecule has 2 heterocycles. The average Bonchev–Trinajstić information content (AvgIpc) is 2.85. The number of nitrogens with zero attached hydrogens (tertiary/aromatic N) is 1. The SMILES string of the molecule is CC(=O)C(=O)c1c(C)c(C(C)=O)n2c1C[C@H]1CC12. The predicted molar refractivity (Wildman–Crippen MR) is 65.0 cm³/mol. The molecule has 1 fully saturated rings. The van der Waals surface area contributed by atoms with Crippen molar-refractivity contribution in [3.05, 3.63) is 22.5 Å². The first-order valence-electron chi connectivity index (χ1n) is 6.23. The van der Waals surface area contributed by atoms with Crippen LogP contribution in [0.1, 0.15) is 58.4 Å². The molecule has 1 saturated carbocycles. The molecule has 0 spiro atoms. The van der Waals surface area contributed by atoms with Crippen molar-refractivity contribution in [3.63, 3.8) is 0 Å². The summed E-state index contributed by atoms with van der Waals surface area (Å²) in [6, 6.07) is 0.381. The lowest BCUT2D eigenvalue weighted by Crippen LogP contribution is -2.13. The van der Waals surface area contributed by atoms with Gasteiger partial charge in [-0.15, -0.1) is 0 Å². The fourth-order valence-corrected chi connectivity index (χ4v) is 3.26. The molecule has 1 aliphatic heterocycles. The first kappa shape index (κ1) is 11.4. The molecule has 0 radical (unpaired) electrons. The molecule has 18 heavy (non-hydrogen) atoms. The van der Waals surface area contributed by atoms with E-state index in [0.717, 1.165) is 18.5 Å². The second-order valence-corrected chi connectivity index (χ2v) is 5.37. The molecule has 2 aliphatic rings. The van der Waals surface area contributed by atoms with Crippen LogP contribution in [-0.2, 0) is 11.2 Å². The minimum absolute atomic E-state index is 0.0242. The van der Waals surface area contributed by atoms with Crippen LogP contribution >= 0.6 is 0 Å². The summed E-state index contributed by atoms with van der Waals surface area (Å²) in [6.45, 7) is 4.58. The molecule has 1 aromatic rings. The van der Waals surface area contributed by atoms with Gasteiger partial charge in [0.15, 0.2) is 11.6 Å². The predicted octanol–water partition coefficient (Wildman–Crippen LogP) is 1.89. The molecule has 3 rings (SSSR count). The van der Waals surface area contributed by atoms with E-state index in [1.807, 2.05) is 4.57 Å². The van der Waals surface area contributed by atoms with Crippen molar-refractivity contribution in [1.82, 2.24) is 4.57 Å². The highest BCUT2D eigenvalue weighted by Gasteiger charge is 2.49. The van der Waals surface area contributed by atoms with Crippen molar-refractivity contribution in [2.45, 2.75) is 39.7 Å². The lowest BCUT2D eigenvalue weighted by atomic mass is 10.00. The number of Topliss-reactive ketones (excluding diaryl/α,β-unsaturated/α-hetero) is 3. The van der Waals surface area contributed by atoms with Crippen LogP contribution in [0.5, 0.6) is 0 Å². The molecule has 1 aliphatic carbocycles. The maximum absolute atomic E-state index is 12.0. The molecule has 1 unspecified atom stereocenters. The summed E-state index contributed by atoms with van der Waals surface area (Å²) in [5, 5.41) is 0.